The van der Waals surface area contributed by atoms with Crippen LogP contribution in [0.1, 0.15) is 92.1 Å². The molecule has 3 fully saturated rings. The second kappa shape index (κ2) is 15.9. The van der Waals surface area contributed by atoms with Crippen molar-refractivity contribution in [1.29, 1.82) is 0 Å². The van der Waals surface area contributed by atoms with E-state index < -0.39 is 63.2 Å². The molecule has 6 atom stereocenters. The molecule has 1 saturated heterocycles. The predicted octanol–water partition coefficient (Wildman–Crippen LogP) is 3.49. The minimum Gasteiger partial charge on any atom is -0.346 e. The zero-order chi connectivity index (χ0) is 38.9. The predicted molar refractivity (Wildman–Crippen MR) is 201 cm³/mol. The highest BCUT2D eigenvalue weighted by molar-refractivity contribution is 7.89. The van der Waals surface area contributed by atoms with Crippen molar-refractivity contribution < 1.29 is 32.4 Å². The molecule has 0 radical (unpaired) electrons. The number of amides is 5. The van der Waals surface area contributed by atoms with E-state index in [0.717, 1.165) is 32.1 Å². The van der Waals surface area contributed by atoms with E-state index in [2.05, 4.69) is 41.7 Å². The van der Waals surface area contributed by atoms with Crippen LogP contribution in [0.5, 0.6) is 0 Å². The molecule has 2 saturated carbocycles. The van der Waals surface area contributed by atoms with Gasteiger partial charge in [-0.3, -0.25) is 19.2 Å². The third kappa shape index (κ3) is 8.48. The first kappa shape index (κ1) is 40.4. The number of hydrogen-bond acceptors (Lipinski definition) is 7. The molecule has 1 aromatic rings. The average molecular weight is 755 g/mol. The zero-order valence-electron chi connectivity index (χ0n) is 32.1. The number of carbonyl (C=O) groups is 5. The Morgan fingerprint density at radius 1 is 1.02 bits per heavy atom. The first-order chi connectivity index (χ1) is 24.9. The van der Waals surface area contributed by atoms with Crippen molar-refractivity contribution in [1.82, 2.24) is 30.5 Å². The van der Waals surface area contributed by atoms with E-state index in [1.54, 1.807) is 29.2 Å². The maximum Gasteiger partial charge on any atom is 0.315 e. The standard InChI is InChI=1S/C39H58N6O7S/c1-8-15-27(33(46)35(48)40-20-9-2)41-34(47)32-30-26(39(30,6)7)22-45(32)36(49)31(24-16-11-10-12-17-24)43-37(50)42-29(38(3,4)5)23-44-21-25-18-13-14-19-28(25)53(44,51)52/h9,13-14,18-19,24,26-27,29-32H,2,8,10-12,15-17,20-23H2,1,3-7H3,(H,40,48)(H,41,47)(H2,42,43,50). The van der Waals surface area contributed by atoms with Gasteiger partial charge in [-0.1, -0.05) is 91.5 Å². The van der Waals surface area contributed by atoms with Gasteiger partial charge in [0.05, 0.1) is 10.9 Å². The van der Waals surface area contributed by atoms with Gasteiger partial charge in [0.2, 0.25) is 27.6 Å². The minimum atomic E-state index is -3.74. The molecule has 14 heteroatoms. The number of urea groups is 1. The first-order valence-electron chi connectivity index (χ1n) is 19.1. The van der Waals surface area contributed by atoms with Crippen LogP contribution in [-0.4, -0.2) is 91.0 Å². The molecule has 4 N–H and O–H groups in total. The molecule has 292 valence electrons. The summed E-state index contributed by atoms with van der Waals surface area (Å²) in [4.78, 5) is 70.2. The van der Waals surface area contributed by atoms with Crippen molar-refractivity contribution >= 4 is 39.6 Å². The summed E-state index contributed by atoms with van der Waals surface area (Å²) in [6.07, 6.45) is 6.59. The molecular formula is C39H58N6O7S. The molecule has 4 aliphatic rings. The fourth-order valence-electron chi connectivity index (χ4n) is 8.61. The number of likely N-dealkylation sites (tertiary alicyclic amines) is 1. The van der Waals surface area contributed by atoms with Crippen molar-refractivity contribution in [3.63, 3.8) is 0 Å². The summed E-state index contributed by atoms with van der Waals surface area (Å²) in [6.45, 7) is 16.1. The van der Waals surface area contributed by atoms with E-state index in [4.69, 9.17) is 0 Å². The summed E-state index contributed by atoms with van der Waals surface area (Å²) in [5.74, 6) is -2.61. The Morgan fingerprint density at radius 3 is 2.32 bits per heavy atom. The maximum atomic E-state index is 14.7. The van der Waals surface area contributed by atoms with Crippen molar-refractivity contribution in [2.24, 2.45) is 28.6 Å². The van der Waals surface area contributed by atoms with E-state index in [1.807, 2.05) is 27.7 Å². The highest BCUT2D eigenvalue weighted by atomic mass is 32.2. The average Bonchev–Trinajstić information content (AvgIpc) is 3.37. The van der Waals surface area contributed by atoms with E-state index in [0.29, 0.717) is 18.5 Å². The number of ketones is 1. The van der Waals surface area contributed by atoms with Gasteiger partial charge >= 0.3 is 6.03 Å². The molecule has 53 heavy (non-hydrogen) atoms. The van der Waals surface area contributed by atoms with Gasteiger partial charge in [-0.05, 0) is 59.5 Å². The maximum absolute atomic E-state index is 14.7. The molecule has 13 nitrogen and oxygen atoms in total. The Kier molecular flexibility index (Phi) is 12.1. The number of fused-ring (bicyclic) bond motifs is 2. The third-order valence-corrected chi connectivity index (χ3v) is 13.9. The fourth-order valence-corrected chi connectivity index (χ4v) is 10.3. The summed E-state index contributed by atoms with van der Waals surface area (Å²) < 4.78 is 28.2. The number of hydrogen-bond donors (Lipinski definition) is 4. The van der Waals surface area contributed by atoms with Gasteiger partial charge < -0.3 is 26.2 Å². The molecule has 2 heterocycles. The topological polar surface area (TPSA) is 174 Å². The van der Waals surface area contributed by atoms with Crippen LogP contribution in [0.3, 0.4) is 0 Å². The fraction of sp³-hybridized carbons (Fsp3) is 0.667. The van der Waals surface area contributed by atoms with Crippen LogP contribution in [0, 0.1) is 28.6 Å². The van der Waals surface area contributed by atoms with Crippen molar-refractivity contribution in [3.8, 4) is 0 Å². The Morgan fingerprint density at radius 2 is 1.70 bits per heavy atom. The zero-order valence-corrected chi connectivity index (χ0v) is 32.9. The lowest BCUT2D eigenvalue weighted by Gasteiger charge is -2.38. The van der Waals surface area contributed by atoms with Gasteiger partial charge in [-0.2, -0.15) is 4.31 Å². The molecule has 6 unspecified atom stereocenters. The Bertz CT molecular complexity index is 1700. The molecule has 2 aliphatic carbocycles. The Balaban J connectivity index is 1.35. The Labute approximate surface area is 314 Å². The van der Waals surface area contributed by atoms with Gasteiger partial charge in [0.15, 0.2) is 0 Å². The number of rotatable bonds is 14. The van der Waals surface area contributed by atoms with Gasteiger partial charge in [0.1, 0.15) is 12.1 Å². The molecule has 5 amide bonds. The monoisotopic (exact) mass is 754 g/mol. The summed E-state index contributed by atoms with van der Waals surface area (Å²) in [6, 6.07) is 2.89. The lowest BCUT2D eigenvalue weighted by Crippen LogP contribution is -2.61. The summed E-state index contributed by atoms with van der Waals surface area (Å²) in [5.41, 5.74) is -0.0313. The molecular weight excluding hydrogens is 697 g/mol. The largest absolute Gasteiger partial charge is 0.346 e. The second-order valence-electron chi connectivity index (χ2n) is 16.9. The van der Waals surface area contributed by atoms with Crippen LogP contribution >= 0.6 is 0 Å². The van der Waals surface area contributed by atoms with Gasteiger partial charge in [-0.25, -0.2) is 13.2 Å². The van der Waals surface area contributed by atoms with E-state index in [-0.39, 0.29) is 60.0 Å². The quantitative estimate of drug-likeness (QED) is 0.166. The normalized spacial score (nSPS) is 24.9. The van der Waals surface area contributed by atoms with E-state index in [9.17, 15) is 32.4 Å². The molecule has 0 bridgehead atoms. The number of carbonyl (C=O) groups excluding carboxylic acids is 5. The minimum absolute atomic E-state index is 0.0477. The van der Waals surface area contributed by atoms with Crippen molar-refractivity contribution in [3.05, 3.63) is 42.5 Å². The van der Waals surface area contributed by atoms with E-state index >= 15 is 0 Å². The van der Waals surface area contributed by atoms with Gasteiger partial charge in [0, 0.05) is 32.2 Å². The number of nitrogens with one attached hydrogen (secondary N) is 4. The lowest BCUT2D eigenvalue weighted by molar-refractivity contribution is -0.144. The number of piperidine rings is 1. The van der Waals surface area contributed by atoms with E-state index in [1.165, 1.54) is 10.4 Å². The summed E-state index contributed by atoms with van der Waals surface area (Å²) in [5, 5.41) is 11.3. The smallest absolute Gasteiger partial charge is 0.315 e. The number of nitrogens with zero attached hydrogens (tertiary/aromatic N) is 2. The molecule has 5 rings (SSSR count). The van der Waals surface area contributed by atoms with Crippen molar-refractivity contribution in [2.75, 3.05) is 19.6 Å². The van der Waals surface area contributed by atoms with Crippen LogP contribution in [0.25, 0.3) is 0 Å². The van der Waals surface area contributed by atoms with Crippen LogP contribution in [0.15, 0.2) is 41.8 Å². The highest BCUT2D eigenvalue weighted by Gasteiger charge is 2.69. The third-order valence-electron chi connectivity index (χ3n) is 11.9. The summed E-state index contributed by atoms with van der Waals surface area (Å²) >= 11 is 0. The molecule has 0 spiro atoms. The summed E-state index contributed by atoms with van der Waals surface area (Å²) in [7, 11) is -3.74. The number of benzene rings is 1. The molecule has 2 aliphatic heterocycles. The SMILES string of the molecule is C=CCNC(=O)C(=O)C(CCC)NC(=O)C1C2C(CN1C(=O)C(NC(=O)NC(CN1Cc3ccccc3S1(=O)=O)C(C)(C)C)C1CCCCC1)C2(C)C. The highest BCUT2D eigenvalue weighted by Crippen LogP contribution is 2.65. The lowest BCUT2D eigenvalue weighted by atomic mass is 9.83. The van der Waals surface area contributed by atoms with Gasteiger partial charge in [0.25, 0.3) is 5.91 Å². The number of sulfonamides is 1. The van der Waals surface area contributed by atoms with Crippen LogP contribution in [-0.2, 0) is 35.7 Å². The molecule has 0 aromatic heterocycles. The van der Waals surface area contributed by atoms with Crippen LogP contribution < -0.4 is 21.3 Å². The van der Waals surface area contributed by atoms with Crippen LogP contribution in [0.2, 0.25) is 0 Å². The first-order valence-corrected chi connectivity index (χ1v) is 20.6. The van der Waals surface area contributed by atoms with Gasteiger partial charge in [-0.15, -0.1) is 6.58 Å². The van der Waals surface area contributed by atoms with Crippen molar-refractivity contribution in [2.45, 2.75) is 122 Å². The second-order valence-corrected chi connectivity index (χ2v) is 18.8. The number of Topliss-reactive ketones (excluding diaryl/α,β-unsaturated/α-hetero) is 1. The van der Waals surface area contributed by atoms with Crippen LogP contribution in [0.4, 0.5) is 4.79 Å². The molecule has 1 aromatic carbocycles. The Hall–Kier alpha value is -3.78.